The molecule has 0 bridgehead atoms. The maximum absolute atomic E-state index is 12.6. The quantitative estimate of drug-likeness (QED) is 0.854. The lowest BCUT2D eigenvalue weighted by Crippen LogP contribution is -2.28. The number of carbonyl (C=O) groups is 3. The van der Waals surface area contributed by atoms with Crippen LogP contribution in [0.25, 0.3) is 0 Å². The highest BCUT2D eigenvalue weighted by molar-refractivity contribution is 6.04. The third-order valence-electron chi connectivity index (χ3n) is 4.63. The van der Waals surface area contributed by atoms with Gasteiger partial charge in [0.25, 0.3) is 0 Å². The largest absolute Gasteiger partial charge is 0.326 e. The maximum atomic E-state index is 12.6. The average molecular weight is 365 g/mol. The Morgan fingerprint density at radius 2 is 1.67 bits per heavy atom. The molecule has 6 heteroatoms. The molecule has 3 rings (SSSR count). The Morgan fingerprint density at radius 3 is 2.30 bits per heavy atom. The van der Waals surface area contributed by atoms with E-state index in [0.717, 1.165) is 17.7 Å². The van der Waals surface area contributed by atoms with Gasteiger partial charge in [-0.3, -0.25) is 14.4 Å². The topological polar surface area (TPSA) is 78.5 Å². The minimum atomic E-state index is -0.391. The zero-order valence-electron chi connectivity index (χ0n) is 15.5. The number of nitrogens with zero attached hydrogens (tertiary/aromatic N) is 1. The molecule has 1 fully saturated rings. The van der Waals surface area contributed by atoms with Crippen LogP contribution in [-0.2, 0) is 20.8 Å². The smallest absolute Gasteiger partial charge is 0.229 e. The van der Waals surface area contributed by atoms with E-state index >= 15 is 0 Å². The molecule has 1 aliphatic heterocycles. The molecule has 0 radical (unpaired) electrons. The highest BCUT2D eigenvalue weighted by atomic mass is 16.2. The molecule has 0 saturated carbocycles. The summed E-state index contributed by atoms with van der Waals surface area (Å²) in [7, 11) is 0. The molecule has 1 heterocycles. The lowest BCUT2D eigenvalue weighted by Gasteiger charge is -2.20. The van der Waals surface area contributed by atoms with Crippen LogP contribution in [0.5, 0.6) is 0 Å². The zero-order valence-corrected chi connectivity index (χ0v) is 15.5. The monoisotopic (exact) mass is 365 g/mol. The zero-order chi connectivity index (χ0) is 19.4. The van der Waals surface area contributed by atoms with E-state index in [1.807, 2.05) is 31.2 Å². The van der Waals surface area contributed by atoms with Crippen LogP contribution < -0.4 is 15.5 Å². The highest BCUT2D eigenvalue weighted by Crippen LogP contribution is 2.29. The molecule has 27 heavy (non-hydrogen) atoms. The molecule has 2 aromatic rings. The number of hydrogen-bond acceptors (Lipinski definition) is 3. The molecule has 0 aromatic heterocycles. The summed E-state index contributed by atoms with van der Waals surface area (Å²) in [4.78, 5) is 37.8. The summed E-state index contributed by atoms with van der Waals surface area (Å²) in [6.45, 7) is 3.87. The van der Waals surface area contributed by atoms with Crippen LogP contribution in [0.3, 0.4) is 0 Å². The van der Waals surface area contributed by atoms with Crippen molar-refractivity contribution in [1.29, 1.82) is 0 Å². The van der Waals surface area contributed by atoms with E-state index in [9.17, 15) is 14.4 Å². The van der Waals surface area contributed by atoms with Crippen molar-refractivity contribution in [3.8, 4) is 0 Å². The van der Waals surface area contributed by atoms with Crippen LogP contribution in [-0.4, -0.2) is 24.3 Å². The van der Waals surface area contributed by atoms with Crippen LogP contribution in [0.15, 0.2) is 48.5 Å². The van der Waals surface area contributed by atoms with Crippen LogP contribution in [0.1, 0.15) is 25.8 Å². The molecule has 0 spiro atoms. The Balaban J connectivity index is 1.66. The van der Waals surface area contributed by atoms with Gasteiger partial charge in [0.05, 0.1) is 5.92 Å². The number of nitrogens with one attached hydrogen (secondary N) is 2. The molecule has 140 valence electrons. The third-order valence-corrected chi connectivity index (χ3v) is 4.63. The number of amides is 3. The van der Waals surface area contributed by atoms with Gasteiger partial charge in [-0.25, -0.2) is 0 Å². The Hall–Kier alpha value is -3.15. The predicted molar refractivity (Wildman–Crippen MR) is 106 cm³/mol. The number of anilines is 3. The summed E-state index contributed by atoms with van der Waals surface area (Å²) in [5.74, 6) is -0.745. The van der Waals surface area contributed by atoms with E-state index in [1.54, 1.807) is 29.2 Å². The van der Waals surface area contributed by atoms with Crippen LogP contribution >= 0.6 is 0 Å². The first-order chi connectivity index (χ1) is 13.0. The van der Waals surface area contributed by atoms with Crippen molar-refractivity contribution in [2.75, 3.05) is 22.1 Å². The molecule has 1 atom stereocenters. The fourth-order valence-electron chi connectivity index (χ4n) is 3.27. The van der Waals surface area contributed by atoms with E-state index in [4.69, 9.17) is 0 Å². The van der Waals surface area contributed by atoms with Gasteiger partial charge in [0.15, 0.2) is 0 Å². The Morgan fingerprint density at radius 1 is 1.04 bits per heavy atom. The minimum absolute atomic E-state index is 0.0305. The van der Waals surface area contributed by atoms with Gasteiger partial charge in [-0.2, -0.15) is 0 Å². The fraction of sp³-hybridized carbons (Fsp3) is 0.286. The second kappa shape index (κ2) is 8.03. The van der Waals surface area contributed by atoms with Gasteiger partial charge in [0, 0.05) is 37.0 Å². The van der Waals surface area contributed by atoms with Gasteiger partial charge < -0.3 is 15.5 Å². The standard InChI is InChI=1S/C21H23N3O3/c1-3-15-6-4-5-7-19(15)24-13-16(12-20(24)26)21(27)23-18-10-8-17(9-11-18)22-14(2)25/h4-11,16H,3,12-13H2,1-2H3,(H,22,25)(H,23,27)/t16-/m0/s1. The first-order valence-electron chi connectivity index (χ1n) is 9.04. The van der Waals surface area contributed by atoms with Crippen LogP contribution in [0.4, 0.5) is 17.1 Å². The predicted octanol–water partition coefficient (Wildman–Crippen LogP) is 3.20. The summed E-state index contributed by atoms with van der Waals surface area (Å²) >= 11 is 0. The van der Waals surface area contributed by atoms with Crippen molar-refractivity contribution >= 4 is 34.8 Å². The molecule has 1 aliphatic rings. The molecule has 0 unspecified atom stereocenters. The number of hydrogen-bond donors (Lipinski definition) is 2. The lowest BCUT2D eigenvalue weighted by molar-refractivity contribution is -0.122. The van der Waals surface area contributed by atoms with Crippen molar-refractivity contribution in [1.82, 2.24) is 0 Å². The first-order valence-corrected chi connectivity index (χ1v) is 9.04. The van der Waals surface area contributed by atoms with Crippen molar-refractivity contribution in [3.63, 3.8) is 0 Å². The molecule has 1 saturated heterocycles. The fourth-order valence-corrected chi connectivity index (χ4v) is 3.27. The molecule has 2 N–H and O–H groups in total. The second-order valence-corrected chi connectivity index (χ2v) is 6.64. The molecular weight excluding hydrogens is 342 g/mol. The van der Waals surface area contributed by atoms with Crippen molar-refractivity contribution < 1.29 is 14.4 Å². The van der Waals surface area contributed by atoms with Gasteiger partial charge in [0.2, 0.25) is 17.7 Å². The van der Waals surface area contributed by atoms with E-state index < -0.39 is 5.92 Å². The molecule has 6 nitrogen and oxygen atoms in total. The van der Waals surface area contributed by atoms with Crippen molar-refractivity contribution in [3.05, 3.63) is 54.1 Å². The molecule has 3 amide bonds. The average Bonchev–Trinajstić information content (AvgIpc) is 3.04. The Bertz CT molecular complexity index is 861. The molecule has 2 aromatic carbocycles. The number of para-hydroxylation sites is 1. The van der Waals surface area contributed by atoms with E-state index in [1.165, 1.54) is 6.92 Å². The summed E-state index contributed by atoms with van der Waals surface area (Å²) in [5.41, 5.74) is 3.29. The summed E-state index contributed by atoms with van der Waals surface area (Å²) in [6, 6.07) is 14.7. The van der Waals surface area contributed by atoms with E-state index in [2.05, 4.69) is 10.6 Å². The SMILES string of the molecule is CCc1ccccc1N1C[C@@H](C(=O)Nc2ccc(NC(C)=O)cc2)CC1=O. The number of aryl methyl sites for hydroxylation is 1. The van der Waals surface area contributed by atoms with Gasteiger partial charge in [-0.05, 0) is 42.3 Å². The van der Waals surface area contributed by atoms with Gasteiger partial charge in [-0.15, -0.1) is 0 Å². The number of rotatable bonds is 5. The number of benzene rings is 2. The summed E-state index contributed by atoms with van der Waals surface area (Å²) in [6.07, 6.45) is 1.03. The summed E-state index contributed by atoms with van der Waals surface area (Å²) in [5, 5.41) is 5.53. The molecule has 0 aliphatic carbocycles. The molecular formula is C21H23N3O3. The maximum Gasteiger partial charge on any atom is 0.229 e. The van der Waals surface area contributed by atoms with Gasteiger partial charge in [0.1, 0.15) is 0 Å². The first kappa shape index (κ1) is 18.6. The summed E-state index contributed by atoms with van der Waals surface area (Å²) < 4.78 is 0. The van der Waals surface area contributed by atoms with Gasteiger partial charge >= 0.3 is 0 Å². The van der Waals surface area contributed by atoms with E-state index in [-0.39, 0.29) is 24.1 Å². The Labute approximate surface area is 158 Å². The van der Waals surface area contributed by atoms with Gasteiger partial charge in [-0.1, -0.05) is 25.1 Å². The van der Waals surface area contributed by atoms with E-state index in [0.29, 0.717) is 17.9 Å². The highest BCUT2D eigenvalue weighted by Gasteiger charge is 2.35. The lowest BCUT2D eigenvalue weighted by atomic mass is 10.1. The van der Waals surface area contributed by atoms with Crippen molar-refractivity contribution in [2.24, 2.45) is 5.92 Å². The Kier molecular flexibility index (Phi) is 5.54. The van der Waals surface area contributed by atoms with Crippen molar-refractivity contribution in [2.45, 2.75) is 26.7 Å². The second-order valence-electron chi connectivity index (χ2n) is 6.64. The van der Waals surface area contributed by atoms with Crippen LogP contribution in [0, 0.1) is 5.92 Å². The third kappa shape index (κ3) is 4.34. The number of carbonyl (C=O) groups excluding carboxylic acids is 3. The minimum Gasteiger partial charge on any atom is -0.326 e. The van der Waals surface area contributed by atoms with Crippen LogP contribution in [0.2, 0.25) is 0 Å². The normalized spacial score (nSPS) is 16.3.